The Morgan fingerprint density at radius 3 is 3.17 bits per heavy atom. The first kappa shape index (κ1) is 7.03. The lowest BCUT2D eigenvalue weighted by atomic mass is 10.2. The SMILES string of the molecule is Cc1c[nH]c2ncccc2c1=O. The van der Waals surface area contributed by atoms with Crippen molar-refractivity contribution in [3.05, 3.63) is 40.3 Å². The van der Waals surface area contributed by atoms with E-state index in [1.807, 2.05) is 0 Å². The monoisotopic (exact) mass is 160 g/mol. The molecule has 0 atom stereocenters. The van der Waals surface area contributed by atoms with Crippen molar-refractivity contribution in [2.24, 2.45) is 0 Å². The molecule has 0 aliphatic rings. The van der Waals surface area contributed by atoms with Crippen LogP contribution in [0, 0.1) is 6.92 Å². The molecule has 0 saturated carbocycles. The molecule has 0 saturated heterocycles. The molecule has 0 spiro atoms. The van der Waals surface area contributed by atoms with Gasteiger partial charge in [0.15, 0.2) is 5.43 Å². The molecule has 0 aromatic carbocycles. The van der Waals surface area contributed by atoms with Crippen molar-refractivity contribution in [2.45, 2.75) is 6.92 Å². The molecule has 0 fully saturated rings. The molecule has 60 valence electrons. The van der Waals surface area contributed by atoms with Crippen LogP contribution >= 0.6 is 0 Å². The smallest absolute Gasteiger partial charge is 0.193 e. The lowest BCUT2D eigenvalue weighted by Gasteiger charge is -1.95. The van der Waals surface area contributed by atoms with Gasteiger partial charge in [0, 0.05) is 18.0 Å². The largest absolute Gasteiger partial charge is 0.346 e. The normalized spacial score (nSPS) is 10.4. The van der Waals surface area contributed by atoms with Gasteiger partial charge in [-0.1, -0.05) is 0 Å². The number of H-pyrrole nitrogens is 1. The summed E-state index contributed by atoms with van der Waals surface area (Å²) >= 11 is 0. The lowest BCUT2D eigenvalue weighted by Crippen LogP contribution is -2.06. The summed E-state index contributed by atoms with van der Waals surface area (Å²) < 4.78 is 0. The quantitative estimate of drug-likeness (QED) is 0.630. The van der Waals surface area contributed by atoms with E-state index in [1.165, 1.54) is 0 Å². The molecule has 0 aliphatic carbocycles. The second-order valence-electron chi connectivity index (χ2n) is 2.70. The van der Waals surface area contributed by atoms with Gasteiger partial charge < -0.3 is 4.98 Å². The van der Waals surface area contributed by atoms with Crippen molar-refractivity contribution in [2.75, 3.05) is 0 Å². The molecule has 2 aromatic rings. The number of aromatic nitrogens is 2. The summed E-state index contributed by atoms with van der Waals surface area (Å²) in [7, 11) is 0. The van der Waals surface area contributed by atoms with Crippen LogP contribution in [0.15, 0.2) is 29.3 Å². The fraction of sp³-hybridized carbons (Fsp3) is 0.111. The highest BCUT2D eigenvalue weighted by Crippen LogP contribution is 2.02. The standard InChI is InChI=1S/C9H8N2O/c1-6-5-11-9-7(8(6)12)3-2-4-10-9/h2-5H,1H3,(H,10,11,12). The molecule has 2 heterocycles. The number of fused-ring (bicyclic) bond motifs is 1. The number of aryl methyl sites for hydroxylation is 1. The predicted octanol–water partition coefficient (Wildman–Crippen LogP) is 1.23. The molecular weight excluding hydrogens is 152 g/mol. The molecule has 2 aromatic heterocycles. The number of pyridine rings is 2. The van der Waals surface area contributed by atoms with Crippen molar-refractivity contribution >= 4 is 11.0 Å². The fourth-order valence-electron chi connectivity index (χ4n) is 1.16. The minimum atomic E-state index is 0.0526. The van der Waals surface area contributed by atoms with Gasteiger partial charge in [-0.3, -0.25) is 4.79 Å². The Balaban J connectivity index is 3.01. The van der Waals surface area contributed by atoms with Crippen LogP contribution in [-0.4, -0.2) is 9.97 Å². The molecule has 3 heteroatoms. The second kappa shape index (κ2) is 2.44. The van der Waals surface area contributed by atoms with Crippen LogP contribution < -0.4 is 5.43 Å². The topological polar surface area (TPSA) is 45.8 Å². The Morgan fingerprint density at radius 1 is 1.50 bits per heavy atom. The molecule has 12 heavy (non-hydrogen) atoms. The zero-order valence-corrected chi connectivity index (χ0v) is 6.66. The van der Waals surface area contributed by atoms with Crippen LogP contribution in [-0.2, 0) is 0 Å². The van der Waals surface area contributed by atoms with Gasteiger partial charge in [0.2, 0.25) is 0 Å². The maximum absolute atomic E-state index is 11.5. The predicted molar refractivity (Wildman–Crippen MR) is 47.1 cm³/mol. The molecule has 0 unspecified atom stereocenters. The number of aromatic amines is 1. The summed E-state index contributed by atoms with van der Waals surface area (Å²) in [5, 5.41) is 0.650. The highest BCUT2D eigenvalue weighted by molar-refractivity contribution is 5.74. The molecule has 0 radical (unpaired) electrons. The van der Waals surface area contributed by atoms with E-state index in [0.29, 0.717) is 11.0 Å². The third-order valence-electron chi connectivity index (χ3n) is 1.84. The molecule has 1 N–H and O–H groups in total. The van der Waals surface area contributed by atoms with Gasteiger partial charge in [0.25, 0.3) is 0 Å². The van der Waals surface area contributed by atoms with E-state index in [1.54, 1.807) is 31.5 Å². The Morgan fingerprint density at radius 2 is 2.33 bits per heavy atom. The fourth-order valence-corrected chi connectivity index (χ4v) is 1.16. The number of hydrogen-bond donors (Lipinski definition) is 1. The number of nitrogens with zero attached hydrogens (tertiary/aromatic N) is 1. The highest BCUT2D eigenvalue weighted by atomic mass is 16.1. The van der Waals surface area contributed by atoms with Gasteiger partial charge >= 0.3 is 0 Å². The van der Waals surface area contributed by atoms with E-state index in [4.69, 9.17) is 0 Å². The average molecular weight is 160 g/mol. The zero-order valence-electron chi connectivity index (χ0n) is 6.66. The van der Waals surface area contributed by atoms with Crippen molar-refractivity contribution in [1.29, 1.82) is 0 Å². The Bertz CT molecular complexity index is 473. The second-order valence-corrected chi connectivity index (χ2v) is 2.70. The molecule has 0 bridgehead atoms. The number of nitrogens with one attached hydrogen (secondary N) is 1. The van der Waals surface area contributed by atoms with Gasteiger partial charge in [-0.15, -0.1) is 0 Å². The Kier molecular flexibility index (Phi) is 1.43. The summed E-state index contributed by atoms with van der Waals surface area (Å²) in [6.45, 7) is 1.78. The summed E-state index contributed by atoms with van der Waals surface area (Å²) in [5.41, 5.74) is 1.42. The average Bonchev–Trinajstić information content (AvgIpc) is 2.12. The minimum absolute atomic E-state index is 0.0526. The van der Waals surface area contributed by atoms with Crippen molar-refractivity contribution in [3.63, 3.8) is 0 Å². The minimum Gasteiger partial charge on any atom is -0.346 e. The molecule has 2 rings (SSSR count). The Labute approximate surface area is 69.1 Å². The van der Waals surface area contributed by atoms with E-state index < -0.39 is 0 Å². The number of rotatable bonds is 0. The van der Waals surface area contributed by atoms with Gasteiger partial charge in [-0.2, -0.15) is 0 Å². The Hall–Kier alpha value is -1.64. The van der Waals surface area contributed by atoms with Crippen LogP contribution in [0.4, 0.5) is 0 Å². The highest BCUT2D eigenvalue weighted by Gasteiger charge is 1.99. The maximum Gasteiger partial charge on any atom is 0.193 e. The summed E-state index contributed by atoms with van der Waals surface area (Å²) in [6.07, 6.45) is 3.34. The van der Waals surface area contributed by atoms with Crippen molar-refractivity contribution < 1.29 is 0 Å². The van der Waals surface area contributed by atoms with E-state index >= 15 is 0 Å². The van der Waals surface area contributed by atoms with Crippen LogP contribution in [0.3, 0.4) is 0 Å². The van der Waals surface area contributed by atoms with Crippen LogP contribution in [0.2, 0.25) is 0 Å². The first-order chi connectivity index (χ1) is 5.79. The van der Waals surface area contributed by atoms with Crippen LogP contribution in [0.1, 0.15) is 5.56 Å². The molecular formula is C9H8N2O. The summed E-state index contributed by atoms with van der Waals surface area (Å²) in [5.74, 6) is 0. The van der Waals surface area contributed by atoms with E-state index in [-0.39, 0.29) is 5.43 Å². The van der Waals surface area contributed by atoms with Gasteiger partial charge in [0.05, 0.1) is 5.39 Å². The third kappa shape index (κ3) is 0.906. The van der Waals surface area contributed by atoms with Crippen molar-refractivity contribution in [1.82, 2.24) is 9.97 Å². The van der Waals surface area contributed by atoms with Crippen molar-refractivity contribution in [3.8, 4) is 0 Å². The zero-order chi connectivity index (χ0) is 8.55. The maximum atomic E-state index is 11.5. The first-order valence-corrected chi connectivity index (χ1v) is 3.72. The van der Waals surface area contributed by atoms with Gasteiger partial charge in [0.1, 0.15) is 5.65 Å². The molecule has 0 amide bonds. The van der Waals surface area contributed by atoms with E-state index in [2.05, 4.69) is 9.97 Å². The summed E-state index contributed by atoms with van der Waals surface area (Å²) in [4.78, 5) is 18.4. The van der Waals surface area contributed by atoms with E-state index in [9.17, 15) is 4.79 Å². The van der Waals surface area contributed by atoms with Gasteiger partial charge in [-0.05, 0) is 19.1 Å². The third-order valence-corrected chi connectivity index (χ3v) is 1.84. The van der Waals surface area contributed by atoms with E-state index in [0.717, 1.165) is 5.56 Å². The lowest BCUT2D eigenvalue weighted by molar-refractivity contribution is 1.24. The van der Waals surface area contributed by atoms with Crippen LogP contribution in [0.5, 0.6) is 0 Å². The molecule has 3 nitrogen and oxygen atoms in total. The van der Waals surface area contributed by atoms with Gasteiger partial charge in [-0.25, -0.2) is 4.98 Å². The van der Waals surface area contributed by atoms with Crippen LogP contribution in [0.25, 0.3) is 11.0 Å². The first-order valence-electron chi connectivity index (χ1n) is 3.72. The number of hydrogen-bond acceptors (Lipinski definition) is 2. The molecule has 0 aliphatic heterocycles. The summed E-state index contributed by atoms with van der Waals surface area (Å²) in [6, 6.07) is 3.53.